The first-order chi connectivity index (χ1) is 14.6. The second-order valence-electron chi connectivity index (χ2n) is 7.36. The lowest BCUT2D eigenvalue weighted by molar-refractivity contribution is 0.0526. The van der Waals surface area contributed by atoms with E-state index in [-0.39, 0.29) is 0 Å². The Morgan fingerprint density at radius 1 is 1.33 bits per heavy atom. The average molecular weight is 430 g/mol. The van der Waals surface area contributed by atoms with Crippen LogP contribution in [0.2, 0.25) is 0 Å². The van der Waals surface area contributed by atoms with Gasteiger partial charge < -0.3 is 19.7 Å². The van der Waals surface area contributed by atoms with Crippen molar-refractivity contribution in [2.45, 2.75) is 19.4 Å². The molecular formula is C21H27N5O3S. The van der Waals surface area contributed by atoms with Crippen LogP contribution in [0.25, 0.3) is 0 Å². The number of amidine groups is 1. The molecule has 160 valence electrons. The van der Waals surface area contributed by atoms with Gasteiger partial charge in [0.2, 0.25) is 5.01 Å². The third-order valence-corrected chi connectivity index (χ3v) is 6.35. The molecular weight excluding hydrogens is 402 g/mol. The van der Waals surface area contributed by atoms with Crippen molar-refractivity contribution in [3.05, 3.63) is 35.0 Å². The molecule has 3 heterocycles. The Labute approximate surface area is 180 Å². The number of para-hydroxylation sites is 2. The summed E-state index contributed by atoms with van der Waals surface area (Å²) in [5.74, 6) is 0.395. The summed E-state index contributed by atoms with van der Waals surface area (Å²) in [6.45, 7) is 5.42. The fourth-order valence-corrected chi connectivity index (χ4v) is 4.59. The third kappa shape index (κ3) is 4.19. The predicted octanol–water partition coefficient (Wildman–Crippen LogP) is 3.11. The first-order valence-electron chi connectivity index (χ1n) is 10.2. The number of anilines is 2. The molecule has 0 radical (unpaired) electrons. The number of esters is 1. The number of nitrogens with zero attached hydrogens (tertiary/aromatic N) is 4. The van der Waals surface area contributed by atoms with Crippen molar-refractivity contribution in [2.75, 3.05) is 52.3 Å². The van der Waals surface area contributed by atoms with Crippen LogP contribution in [0.4, 0.5) is 16.4 Å². The Balaban J connectivity index is 1.72. The number of hydrogen-bond donors (Lipinski definition) is 1. The van der Waals surface area contributed by atoms with Gasteiger partial charge in [0.05, 0.1) is 18.0 Å². The summed E-state index contributed by atoms with van der Waals surface area (Å²) < 4.78 is 10.5. The zero-order chi connectivity index (χ0) is 21.1. The maximum atomic E-state index is 12.3. The fourth-order valence-electron chi connectivity index (χ4n) is 3.73. The van der Waals surface area contributed by atoms with Crippen molar-refractivity contribution in [1.82, 2.24) is 14.8 Å². The van der Waals surface area contributed by atoms with Crippen molar-refractivity contribution in [2.24, 2.45) is 4.99 Å². The highest BCUT2D eigenvalue weighted by Crippen LogP contribution is 2.38. The fraction of sp³-hybridized carbons (Fsp3) is 0.476. The SMILES string of the molecule is CCOC(=O)c1nc2c(s1)Nc1ccccc1N=C2N1CCN(C)[C@@H](CCOC)C1. The van der Waals surface area contributed by atoms with Gasteiger partial charge in [-0.05, 0) is 32.5 Å². The van der Waals surface area contributed by atoms with Crippen LogP contribution < -0.4 is 5.32 Å². The Morgan fingerprint density at radius 2 is 2.17 bits per heavy atom. The normalized spacial score (nSPS) is 18.7. The standard InChI is InChI=1S/C21H27N5O3S/c1-4-29-21(27)20-24-17-18(26-11-10-25(2)14(13-26)9-12-28-3)22-15-7-5-6-8-16(15)23-19(17)30-20/h5-8,14,23H,4,9-13H2,1-3H3/t14-/m0/s1. The summed E-state index contributed by atoms with van der Waals surface area (Å²) in [4.78, 5) is 26.6. The van der Waals surface area contributed by atoms with E-state index >= 15 is 0 Å². The highest BCUT2D eigenvalue weighted by atomic mass is 32.1. The molecule has 1 aromatic heterocycles. The predicted molar refractivity (Wildman–Crippen MR) is 118 cm³/mol. The second-order valence-corrected chi connectivity index (χ2v) is 8.36. The molecule has 2 aromatic rings. The zero-order valence-electron chi connectivity index (χ0n) is 17.6. The van der Waals surface area contributed by atoms with Gasteiger partial charge >= 0.3 is 5.97 Å². The van der Waals surface area contributed by atoms with Crippen LogP contribution in [0, 0.1) is 0 Å². The Kier molecular flexibility index (Phi) is 6.31. The number of ether oxygens (including phenoxy) is 2. The smallest absolute Gasteiger partial charge is 0.367 e. The number of hydrogen-bond acceptors (Lipinski definition) is 9. The third-order valence-electron chi connectivity index (χ3n) is 5.40. The number of carbonyl (C=O) groups is 1. The zero-order valence-corrected chi connectivity index (χ0v) is 18.4. The minimum atomic E-state index is -0.402. The summed E-state index contributed by atoms with van der Waals surface area (Å²) in [6, 6.07) is 8.28. The van der Waals surface area contributed by atoms with Crippen LogP contribution in [0.5, 0.6) is 0 Å². The molecule has 30 heavy (non-hydrogen) atoms. The van der Waals surface area contributed by atoms with Crippen molar-refractivity contribution in [3.8, 4) is 0 Å². The van der Waals surface area contributed by atoms with Gasteiger partial charge in [0.1, 0.15) is 10.7 Å². The summed E-state index contributed by atoms with van der Waals surface area (Å²) in [6.07, 6.45) is 0.948. The molecule has 1 saturated heterocycles. The molecule has 0 unspecified atom stereocenters. The average Bonchev–Trinajstić information content (AvgIpc) is 3.10. The van der Waals surface area contributed by atoms with Gasteiger partial charge in [-0.3, -0.25) is 4.90 Å². The molecule has 1 fully saturated rings. The summed E-state index contributed by atoms with van der Waals surface area (Å²) in [5, 5.41) is 4.57. The molecule has 2 aliphatic heterocycles. The number of likely N-dealkylation sites (N-methyl/N-ethyl adjacent to an activating group) is 1. The van der Waals surface area contributed by atoms with Crippen molar-refractivity contribution in [3.63, 3.8) is 0 Å². The van der Waals surface area contributed by atoms with Gasteiger partial charge in [-0.25, -0.2) is 14.8 Å². The number of rotatable bonds is 5. The molecule has 2 aliphatic rings. The van der Waals surface area contributed by atoms with Crippen LogP contribution in [-0.2, 0) is 9.47 Å². The van der Waals surface area contributed by atoms with Crippen LogP contribution >= 0.6 is 11.3 Å². The van der Waals surface area contributed by atoms with Gasteiger partial charge in [-0.2, -0.15) is 0 Å². The number of nitrogens with one attached hydrogen (secondary N) is 1. The molecule has 9 heteroatoms. The van der Waals surface area contributed by atoms with E-state index in [9.17, 15) is 4.79 Å². The maximum absolute atomic E-state index is 12.3. The molecule has 0 aliphatic carbocycles. The van der Waals surface area contributed by atoms with Gasteiger partial charge in [0, 0.05) is 39.4 Å². The molecule has 4 rings (SSSR count). The molecule has 1 aromatic carbocycles. The minimum Gasteiger partial charge on any atom is -0.461 e. The molecule has 8 nitrogen and oxygen atoms in total. The first-order valence-corrected chi connectivity index (χ1v) is 11.0. The highest BCUT2D eigenvalue weighted by Gasteiger charge is 2.32. The molecule has 0 amide bonds. The summed E-state index contributed by atoms with van der Waals surface area (Å²) in [5.41, 5.74) is 2.47. The van der Waals surface area contributed by atoms with Crippen LogP contribution in [0.3, 0.4) is 0 Å². The number of aliphatic imine (C=N–C) groups is 1. The van der Waals surface area contributed by atoms with Gasteiger partial charge in [0.25, 0.3) is 0 Å². The monoisotopic (exact) mass is 429 g/mol. The van der Waals surface area contributed by atoms with Crippen molar-refractivity contribution < 1.29 is 14.3 Å². The van der Waals surface area contributed by atoms with E-state index in [2.05, 4.69) is 27.1 Å². The van der Waals surface area contributed by atoms with Gasteiger partial charge in [0.15, 0.2) is 5.84 Å². The van der Waals surface area contributed by atoms with E-state index in [4.69, 9.17) is 14.5 Å². The van der Waals surface area contributed by atoms with Gasteiger partial charge in [-0.15, -0.1) is 0 Å². The van der Waals surface area contributed by atoms with Gasteiger partial charge in [-0.1, -0.05) is 23.5 Å². The Hall–Kier alpha value is -2.49. The lowest BCUT2D eigenvalue weighted by Crippen LogP contribution is -2.53. The van der Waals surface area contributed by atoms with E-state index in [0.717, 1.165) is 48.3 Å². The van der Waals surface area contributed by atoms with Crippen molar-refractivity contribution >= 4 is 39.5 Å². The minimum absolute atomic E-state index is 0.319. The number of benzene rings is 1. The molecule has 0 spiro atoms. The van der Waals surface area contributed by atoms with Crippen LogP contribution in [0.1, 0.15) is 28.8 Å². The number of piperazine rings is 1. The largest absolute Gasteiger partial charge is 0.461 e. The van der Waals surface area contributed by atoms with Crippen molar-refractivity contribution in [1.29, 1.82) is 0 Å². The van der Waals surface area contributed by atoms with E-state index in [1.54, 1.807) is 14.0 Å². The second kappa shape index (κ2) is 9.11. The topological polar surface area (TPSA) is 79.3 Å². The number of fused-ring (bicyclic) bond motifs is 2. The summed E-state index contributed by atoms with van der Waals surface area (Å²) >= 11 is 1.31. The summed E-state index contributed by atoms with van der Waals surface area (Å²) in [7, 11) is 3.88. The maximum Gasteiger partial charge on any atom is 0.367 e. The number of aromatic nitrogens is 1. The quantitative estimate of drug-likeness (QED) is 0.732. The molecule has 1 atom stereocenters. The lowest BCUT2D eigenvalue weighted by Gasteiger charge is -2.40. The molecule has 1 N–H and O–H groups in total. The molecule has 0 saturated carbocycles. The number of methoxy groups -OCH3 is 1. The van der Waals surface area contributed by atoms with E-state index in [0.29, 0.717) is 30.0 Å². The first kappa shape index (κ1) is 20.8. The number of thiazole rings is 1. The van der Waals surface area contributed by atoms with E-state index in [1.165, 1.54) is 11.3 Å². The molecule has 0 bridgehead atoms. The lowest BCUT2D eigenvalue weighted by atomic mass is 10.1. The highest BCUT2D eigenvalue weighted by molar-refractivity contribution is 7.18. The van der Waals surface area contributed by atoms with E-state index in [1.807, 2.05) is 24.3 Å². The van der Waals surface area contributed by atoms with Crippen LogP contribution in [-0.4, -0.2) is 79.6 Å². The van der Waals surface area contributed by atoms with E-state index < -0.39 is 5.97 Å². The van der Waals surface area contributed by atoms with Crippen LogP contribution in [0.15, 0.2) is 29.3 Å². The Morgan fingerprint density at radius 3 is 2.97 bits per heavy atom. The Bertz CT molecular complexity index is 944. The number of carbonyl (C=O) groups excluding carboxylic acids is 1.